The van der Waals surface area contributed by atoms with E-state index in [2.05, 4.69) is 0 Å². The van der Waals surface area contributed by atoms with Gasteiger partial charge in [-0.25, -0.2) is 0 Å². The van der Waals surface area contributed by atoms with E-state index in [1.54, 1.807) is 12.1 Å². The van der Waals surface area contributed by atoms with Crippen molar-refractivity contribution in [3.05, 3.63) is 109 Å². The van der Waals surface area contributed by atoms with E-state index < -0.39 is 48.3 Å². The van der Waals surface area contributed by atoms with Crippen LogP contribution in [0.4, 0.5) is 0 Å². The third-order valence-corrected chi connectivity index (χ3v) is 5.78. The van der Waals surface area contributed by atoms with E-state index in [0.29, 0.717) is 16.7 Å². The van der Waals surface area contributed by atoms with E-state index in [1.165, 1.54) is 0 Å². The highest BCUT2D eigenvalue weighted by Crippen LogP contribution is 2.43. The summed E-state index contributed by atoms with van der Waals surface area (Å²) in [5, 5.41) is 3.24. The molecule has 1 heterocycles. The summed E-state index contributed by atoms with van der Waals surface area (Å²) in [6.07, 6.45) is 0. The fraction of sp³-hybridized carbons (Fsp3) is 0. The Labute approximate surface area is 191 Å². The predicted octanol–water partition coefficient (Wildman–Crippen LogP) is 8.71. The lowest BCUT2D eigenvalue weighted by Crippen LogP contribution is -1.86. The summed E-state index contributed by atoms with van der Waals surface area (Å²) in [4.78, 5) is 0. The van der Waals surface area contributed by atoms with Gasteiger partial charge in [-0.15, -0.1) is 0 Å². The summed E-state index contributed by atoms with van der Waals surface area (Å²) in [5.74, 6) is 0. The van der Waals surface area contributed by atoms with Crippen molar-refractivity contribution in [2.45, 2.75) is 0 Å². The van der Waals surface area contributed by atoms with Crippen LogP contribution in [0, 0.1) is 0 Å². The quantitative estimate of drug-likeness (QED) is 0.250. The predicted molar refractivity (Wildman–Crippen MR) is 132 cm³/mol. The number of para-hydroxylation sites is 1. The first-order valence-corrected chi connectivity index (χ1v) is 9.89. The average Bonchev–Trinajstić information content (AvgIpc) is 3.36. The zero-order chi connectivity index (χ0) is 28.2. The molecule has 0 aliphatic carbocycles. The van der Waals surface area contributed by atoms with Crippen molar-refractivity contribution in [3.8, 4) is 11.1 Å². The molecule has 0 saturated heterocycles. The topological polar surface area (TPSA) is 13.1 Å². The van der Waals surface area contributed by atoms with Gasteiger partial charge in [0.25, 0.3) is 0 Å². The Morgan fingerprint density at radius 1 is 0.516 bits per heavy atom. The van der Waals surface area contributed by atoms with Crippen molar-refractivity contribution in [1.82, 2.24) is 0 Å². The van der Waals surface area contributed by atoms with E-state index >= 15 is 0 Å². The monoisotopic (exact) mass is 403 g/mol. The first-order chi connectivity index (χ1) is 19.1. The van der Waals surface area contributed by atoms with Gasteiger partial charge in [-0.1, -0.05) is 96.9 Å². The highest BCUT2D eigenvalue weighted by Gasteiger charge is 2.17. The summed E-state index contributed by atoms with van der Waals surface area (Å²) in [5.41, 5.74) is 1.63. The molecule has 7 aromatic rings. The molecule has 144 valence electrons. The van der Waals surface area contributed by atoms with Gasteiger partial charge in [0.15, 0.2) is 0 Å². The third kappa shape index (κ3) is 2.32. The van der Waals surface area contributed by atoms with E-state index in [-0.39, 0.29) is 33.2 Å². The Morgan fingerprint density at radius 3 is 2.00 bits per heavy atom. The molecule has 1 nitrogen and oxygen atoms in total. The molecule has 0 bridgehead atoms. The lowest BCUT2D eigenvalue weighted by molar-refractivity contribution is 0.674. The summed E-state index contributed by atoms with van der Waals surface area (Å²) in [7, 11) is 0. The first-order valence-electron chi connectivity index (χ1n) is 14.4. The second kappa shape index (κ2) is 6.20. The Hall–Kier alpha value is -4.10. The molecular weight excluding hydrogens is 376 g/mol. The number of benzene rings is 6. The molecule has 0 amide bonds. The van der Waals surface area contributed by atoms with E-state index in [9.17, 15) is 0 Å². The maximum atomic E-state index is 8.92. The second-order valence-corrected chi connectivity index (χ2v) is 7.45. The number of rotatable bonds is 1. The fourth-order valence-corrected chi connectivity index (χ4v) is 4.43. The van der Waals surface area contributed by atoms with Crippen LogP contribution in [0.3, 0.4) is 0 Å². The molecule has 0 aliphatic heterocycles. The number of hydrogen-bond donors (Lipinski definition) is 0. The molecule has 0 unspecified atom stereocenters. The van der Waals surface area contributed by atoms with E-state index in [0.717, 1.165) is 21.5 Å². The summed E-state index contributed by atoms with van der Waals surface area (Å²) < 4.78 is 83.6. The maximum Gasteiger partial charge on any atom is 0.143 e. The van der Waals surface area contributed by atoms with Gasteiger partial charge in [-0.2, -0.15) is 0 Å². The summed E-state index contributed by atoms with van der Waals surface area (Å²) in [6, 6.07) is 13.0. The van der Waals surface area contributed by atoms with Crippen LogP contribution in [0.2, 0.25) is 0 Å². The van der Waals surface area contributed by atoms with Crippen LogP contribution < -0.4 is 0 Å². The van der Waals surface area contributed by atoms with Crippen LogP contribution in [0.15, 0.2) is 113 Å². The van der Waals surface area contributed by atoms with Crippen LogP contribution in [0.5, 0.6) is 0 Å². The van der Waals surface area contributed by atoms with Crippen molar-refractivity contribution >= 4 is 54.3 Å². The molecule has 0 aliphatic rings. The SMILES string of the molecule is [2H]c1c([2H])c([2H])c2c(-c3cccc4c3oc3c5ccccc5ccc43)c3c([2H])c([2H])c([2H])c([2H])c3c([2H])c2c1[2H]. The number of furan rings is 1. The lowest BCUT2D eigenvalue weighted by atomic mass is 9.91. The molecule has 31 heavy (non-hydrogen) atoms. The summed E-state index contributed by atoms with van der Waals surface area (Å²) in [6.45, 7) is 0. The van der Waals surface area contributed by atoms with Crippen molar-refractivity contribution in [1.29, 1.82) is 0 Å². The summed E-state index contributed by atoms with van der Waals surface area (Å²) >= 11 is 0. The molecule has 0 radical (unpaired) electrons. The van der Waals surface area contributed by atoms with Gasteiger partial charge in [-0.3, -0.25) is 0 Å². The molecule has 1 aromatic heterocycles. The Kier molecular flexibility index (Phi) is 2.06. The standard InChI is InChI=1S/C30H18O/c1-6-13-24-19(8-1)16-17-26-25-14-7-15-27(30(25)31-29(24)26)28-22-11-4-2-9-20(22)18-21-10-3-5-12-23(21)28/h1-18H/i2D,3D,4D,5D,9D,10D,11D,12D,18D. The van der Waals surface area contributed by atoms with Crippen molar-refractivity contribution in [2.75, 3.05) is 0 Å². The average molecular weight is 404 g/mol. The van der Waals surface area contributed by atoms with Crippen LogP contribution in [-0.2, 0) is 0 Å². The molecular formula is C30H18O. The first kappa shape index (κ1) is 10.3. The third-order valence-electron chi connectivity index (χ3n) is 5.78. The van der Waals surface area contributed by atoms with Crippen LogP contribution in [0.25, 0.3) is 65.4 Å². The van der Waals surface area contributed by atoms with Gasteiger partial charge in [0, 0.05) is 27.3 Å². The normalized spacial score (nSPS) is 15.9. The Morgan fingerprint density at radius 2 is 1.19 bits per heavy atom. The minimum atomic E-state index is -0.523. The highest BCUT2D eigenvalue weighted by atomic mass is 16.3. The maximum absolute atomic E-state index is 8.92. The van der Waals surface area contributed by atoms with Gasteiger partial charge in [0.1, 0.15) is 11.2 Å². The molecule has 6 aromatic carbocycles. The molecule has 0 saturated carbocycles. The minimum absolute atomic E-state index is 0.00587. The number of fused-ring (bicyclic) bond motifs is 7. The minimum Gasteiger partial charge on any atom is -0.455 e. The Balaban J connectivity index is 1.80. The lowest BCUT2D eigenvalue weighted by Gasteiger charge is -2.12. The molecule has 7 rings (SSSR count). The van der Waals surface area contributed by atoms with Crippen molar-refractivity contribution < 1.29 is 16.8 Å². The second-order valence-electron chi connectivity index (χ2n) is 7.45. The van der Waals surface area contributed by atoms with E-state index in [4.69, 9.17) is 16.8 Å². The Bertz CT molecular complexity index is 2190. The zero-order valence-electron chi connectivity index (χ0n) is 25.1. The molecule has 0 N–H and O–H groups in total. The molecule has 0 atom stereocenters. The van der Waals surface area contributed by atoms with Crippen molar-refractivity contribution in [2.24, 2.45) is 0 Å². The van der Waals surface area contributed by atoms with Gasteiger partial charge < -0.3 is 4.42 Å². The van der Waals surface area contributed by atoms with Gasteiger partial charge in [-0.05, 0) is 39.0 Å². The number of hydrogen-bond acceptors (Lipinski definition) is 1. The van der Waals surface area contributed by atoms with Gasteiger partial charge in [0.2, 0.25) is 0 Å². The zero-order valence-corrected chi connectivity index (χ0v) is 16.1. The van der Waals surface area contributed by atoms with Crippen molar-refractivity contribution in [3.63, 3.8) is 0 Å². The van der Waals surface area contributed by atoms with Gasteiger partial charge in [0.05, 0.1) is 12.3 Å². The molecule has 0 fully saturated rings. The molecule has 1 heteroatoms. The highest BCUT2D eigenvalue weighted by molar-refractivity contribution is 6.21. The molecule has 0 spiro atoms. The smallest absolute Gasteiger partial charge is 0.143 e. The van der Waals surface area contributed by atoms with Crippen LogP contribution in [-0.4, -0.2) is 0 Å². The van der Waals surface area contributed by atoms with E-state index in [1.807, 2.05) is 42.5 Å². The fourth-order valence-electron chi connectivity index (χ4n) is 4.43. The largest absolute Gasteiger partial charge is 0.455 e. The van der Waals surface area contributed by atoms with Gasteiger partial charge >= 0.3 is 0 Å². The van der Waals surface area contributed by atoms with Crippen LogP contribution >= 0.6 is 0 Å². The van der Waals surface area contributed by atoms with Crippen LogP contribution in [0.1, 0.15) is 12.3 Å².